The monoisotopic (exact) mass is 780 g/mol. The molecule has 0 heterocycles. The third kappa shape index (κ3) is 4.56. The molecule has 292 valence electrons. The van der Waals surface area contributed by atoms with Gasteiger partial charge in [0.1, 0.15) is 0 Å². The Kier molecular flexibility index (Phi) is 6.89. The predicted molar refractivity (Wildman–Crippen MR) is 256 cm³/mol. The molecule has 0 aliphatic heterocycles. The number of rotatable bonds is 3. The number of hydrogen-bond donors (Lipinski definition) is 0. The van der Waals surface area contributed by atoms with Gasteiger partial charge in [-0.05, 0) is 196 Å². The van der Waals surface area contributed by atoms with Crippen molar-refractivity contribution in [2.45, 2.75) is 56.8 Å². The molecule has 0 unspecified atom stereocenters. The van der Waals surface area contributed by atoms with Crippen LogP contribution in [0.25, 0.3) is 88.0 Å². The van der Waals surface area contributed by atoms with Crippen LogP contribution in [0.1, 0.15) is 68.2 Å². The zero-order chi connectivity index (χ0) is 40.2. The molecular formula is C61H48. The molecule has 0 atom stereocenters. The molecule has 0 amide bonds. The summed E-state index contributed by atoms with van der Waals surface area (Å²) in [7, 11) is 0. The molecule has 0 radical (unpaired) electrons. The lowest BCUT2D eigenvalue weighted by atomic mass is 9.43. The van der Waals surface area contributed by atoms with Gasteiger partial charge in [0.05, 0.1) is 0 Å². The van der Waals surface area contributed by atoms with Crippen LogP contribution in [-0.4, -0.2) is 0 Å². The van der Waals surface area contributed by atoms with Crippen LogP contribution in [-0.2, 0) is 10.8 Å². The first-order valence-corrected chi connectivity index (χ1v) is 22.9. The minimum Gasteiger partial charge on any atom is -0.0622 e. The van der Waals surface area contributed by atoms with Crippen LogP contribution in [0.2, 0.25) is 0 Å². The van der Waals surface area contributed by atoms with E-state index in [2.05, 4.69) is 184 Å². The highest BCUT2D eigenvalue weighted by molar-refractivity contribution is 6.21. The zero-order valence-electron chi connectivity index (χ0n) is 35.0. The van der Waals surface area contributed by atoms with Crippen molar-refractivity contribution in [1.82, 2.24) is 0 Å². The average molecular weight is 781 g/mol. The van der Waals surface area contributed by atoms with Crippen molar-refractivity contribution in [2.75, 3.05) is 0 Å². The fourth-order valence-corrected chi connectivity index (χ4v) is 14.5. The SMILES string of the molecule is CC1(C)c2cc(-c3ccccc3)ccc2-c2ccc(-c3c4ccccc4c(-c4ccc5c(c4)-c4cc6ccccc6cc4C54C5CC6CC(C5)CC4C6)c4ccccc34)cc21. The molecule has 0 N–H and O–H groups in total. The molecule has 1 spiro atoms. The highest BCUT2D eigenvalue weighted by atomic mass is 14.6. The summed E-state index contributed by atoms with van der Waals surface area (Å²) in [5.41, 5.74) is 19.6. The zero-order valence-corrected chi connectivity index (χ0v) is 35.0. The Morgan fingerprint density at radius 1 is 0.344 bits per heavy atom. The van der Waals surface area contributed by atoms with Crippen LogP contribution >= 0.6 is 0 Å². The summed E-state index contributed by atoms with van der Waals surface area (Å²) in [5.74, 6) is 3.34. The van der Waals surface area contributed by atoms with Crippen molar-refractivity contribution in [1.29, 1.82) is 0 Å². The first-order valence-electron chi connectivity index (χ1n) is 22.9. The van der Waals surface area contributed by atoms with Crippen molar-refractivity contribution < 1.29 is 0 Å². The topological polar surface area (TPSA) is 0 Å². The Morgan fingerprint density at radius 3 is 1.43 bits per heavy atom. The van der Waals surface area contributed by atoms with Gasteiger partial charge in [0.15, 0.2) is 0 Å². The molecule has 4 saturated carbocycles. The Bertz CT molecular complexity index is 3260. The maximum atomic E-state index is 2.63. The first-order chi connectivity index (χ1) is 29.9. The van der Waals surface area contributed by atoms with Gasteiger partial charge in [0.2, 0.25) is 0 Å². The molecule has 0 nitrogen and oxygen atoms in total. The van der Waals surface area contributed by atoms with Gasteiger partial charge < -0.3 is 0 Å². The fraction of sp³-hybridized carbons (Fsp3) is 0.213. The van der Waals surface area contributed by atoms with Crippen molar-refractivity contribution in [2.24, 2.45) is 23.7 Å². The van der Waals surface area contributed by atoms with Crippen molar-refractivity contribution >= 4 is 32.3 Å². The van der Waals surface area contributed by atoms with Crippen molar-refractivity contribution in [3.63, 3.8) is 0 Å². The van der Waals surface area contributed by atoms with Gasteiger partial charge in [-0.15, -0.1) is 0 Å². The predicted octanol–water partition coefficient (Wildman–Crippen LogP) is 16.2. The van der Waals surface area contributed by atoms with Crippen LogP contribution in [0.4, 0.5) is 0 Å². The molecular weight excluding hydrogens is 733 g/mol. The largest absolute Gasteiger partial charge is 0.0622 e. The molecule has 9 aromatic carbocycles. The Balaban J connectivity index is 0.959. The molecule has 6 aliphatic carbocycles. The lowest BCUT2D eigenvalue weighted by Gasteiger charge is -2.61. The molecule has 6 aliphatic rings. The van der Waals surface area contributed by atoms with Crippen LogP contribution in [0, 0.1) is 23.7 Å². The molecule has 4 bridgehead atoms. The number of benzene rings is 9. The third-order valence-corrected chi connectivity index (χ3v) is 16.8. The summed E-state index contributed by atoms with van der Waals surface area (Å²) >= 11 is 0. The van der Waals surface area contributed by atoms with E-state index >= 15 is 0 Å². The van der Waals surface area contributed by atoms with Gasteiger partial charge in [-0.3, -0.25) is 0 Å². The Hall–Kier alpha value is -6.24. The average Bonchev–Trinajstić information content (AvgIpc) is 3.70. The van der Waals surface area contributed by atoms with E-state index in [4.69, 9.17) is 0 Å². The number of fused-ring (bicyclic) bond motifs is 9. The molecule has 15 rings (SSSR count). The van der Waals surface area contributed by atoms with Crippen molar-refractivity contribution in [3.8, 4) is 55.6 Å². The summed E-state index contributed by atoms with van der Waals surface area (Å²) in [4.78, 5) is 0. The standard InChI is InChI=1S/C61H48/c1-60(2)55-33-41(38-12-4-3-5-13-38)20-23-46(55)47-24-21-43(35-56(47)60)59-50-18-10-8-16-48(50)58(49-17-9-11-19-51(49)59)42-22-25-54-52(32-42)53-31-39-14-6-7-15-40(39)34-57(53)61(54)44-27-36-26-37(29-44)30-45(61)28-36/h3-25,31-37,44-45H,26-30H2,1-2H3. The molecule has 0 heteroatoms. The van der Waals surface area contributed by atoms with Crippen LogP contribution in [0.3, 0.4) is 0 Å². The third-order valence-electron chi connectivity index (χ3n) is 16.8. The highest BCUT2D eigenvalue weighted by Gasteiger charge is 2.61. The lowest BCUT2D eigenvalue weighted by molar-refractivity contribution is -0.0398. The first kappa shape index (κ1) is 34.5. The van der Waals surface area contributed by atoms with E-state index in [0.29, 0.717) is 0 Å². The van der Waals surface area contributed by atoms with Crippen LogP contribution in [0.5, 0.6) is 0 Å². The van der Waals surface area contributed by atoms with Crippen molar-refractivity contribution in [3.05, 3.63) is 192 Å². The van der Waals surface area contributed by atoms with E-state index in [0.717, 1.165) is 23.7 Å². The number of hydrogen-bond acceptors (Lipinski definition) is 0. The van der Waals surface area contributed by atoms with E-state index in [1.54, 1.807) is 11.1 Å². The lowest BCUT2D eigenvalue weighted by Crippen LogP contribution is -2.55. The minimum atomic E-state index is -0.127. The van der Waals surface area contributed by atoms with Gasteiger partial charge in [0.25, 0.3) is 0 Å². The van der Waals surface area contributed by atoms with Gasteiger partial charge in [-0.1, -0.05) is 153 Å². The van der Waals surface area contributed by atoms with E-state index in [-0.39, 0.29) is 10.8 Å². The smallest absolute Gasteiger partial charge is 0.0272 e. The second kappa shape index (κ2) is 12.2. The van der Waals surface area contributed by atoms with E-state index in [1.165, 1.54) is 131 Å². The maximum absolute atomic E-state index is 2.63. The molecule has 61 heavy (non-hydrogen) atoms. The van der Waals surface area contributed by atoms with E-state index in [1.807, 2.05) is 0 Å². The molecule has 0 aromatic heterocycles. The van der Waals surface area contributed by atoms with Crippen LogP contribution in [0.15, 0.2) is 170 Å². The summed E-state index contributed by atoms with van der Waals surface area (Å²) in [6, 6.07) is 65.7. The second-order valence-corrected chi connectivity index (χ2v) is 20.0. The van der Waals surface area contributed by atoms with Gasteiger partial charge >= 0.3 is 0 Å². The molecule has 0 saturated heterocycles. The highest BCUT2D eigenvalue weighted by Crippen LogP contribution is 2.70. The quantitative estimate of drug-likeness (QED) is 0.157. The van der Waals surface area contributed by atoms with Gasteiger partial charge in [-0.2, -0.15) is 0 Å². The minimum absolute atomic E-state index is 0.127. The summed E-state index contributed by atoms with van der Waals surface area (Å²) in [6.07, 6.45) is 7.08. The van der Waals surface area contributed by atoms with E-state index in [9.17, 15) is 0 Å². The normalized spacial score (nSPS) is 23.4. The van der Waals surface area contributed by atoms with Gasteiger partial charge in [0, 0.05) is 10.8 Å². The Morgan fingerprint density at radius 2 is 0.820 bits per heavy atom. The van der Waals surface area contributed by atoms with Gasteiger partial charge in [-0.25, -0.2) is 0 Å². The fourth-order valence-electron chi connectivity index (χ4n) is 14.5. The summed E-state index contributed by atoms with van der Waals surface area (Å²) < 4.78 is 0. The Labute approximate surface area is 358 Å². The second-order valence-electron chi connectivity index (χ2n) is 20.0. The molecule has 4 fully saturated rings. The summed E-state index contributed by atoms with van der Waals surface area (Å²) in [5, 5.41) is 8.04. The van der Waals surface area contributed by atoms with E-state index < -0.39 is 0 Å². The summed E-state index contributed by atoms with van der Waals surface area (Å²) in [6.45, 7) is 4.83. The molecule has 9 aromatic rings. The van der Waals surface area contributed by atoms with Crippen LogP contribution < -0.4 is 0 Å². The maximum Gasteiger partial charge on any atom is 0.0272 e.